The molecule has 4 rings (SSSR count). The van der Waals surface area contributed by atoms with E-state index in [9.17, 15) is 13.2 Å². The number of carbonyl (C=O) groups is 1. The number of amides is 1. The Morgan fingerprint density at radius 1 is 1.14 bits per heavy atom. The van der Waals surface area contributed by atoms with Crippen LogP contribution < -0.4 is 5.73 Å². The van der Waals surface area contributed by atoms with Crippen LogP contribution in [0.2, 0.25) is 0 Å². The van der Waals surface area contributed by atoms with Gasteiger partial charge in [-0.05, 0) is 37.1 Å². The van der Waals surface area contributed by atoms with Crippen LogP contribution >= 0.6 is 0 Å². The molecule has 29 heavy (non-hydrogen) atoms. The van der Waals surface area contributed by atoms with Crippen molar-refractivity contribution in [1.82, 2.24) is 19.1 Å². The number of aromatic nitrogens is 3. The molecule has 1 atom stereocenters. The van der Waals surface area contributed by atoms with E-state index in [0.717, 1.165) is 12.1 Å². The number of nitrogens with zero attached hydrogens (tertiary/aromatic N) is 4. The molecule has 1 fully saturated rings. The predicted molar refractivity (Wildman–Crippen MR) is 107 cm³/mol. The molecule has 1 saturated heterocycles. The Labute approximate surface area is 169 Å². The number of primary amides is 1. The molecule has 0 bridgehead atoms. The zero-order chi connectivity index (χ0) is 20.4. The van der Waals surface area contributed by atoms with Gasteiger partial charge in [-0.15, -0.1) is 0 Å². The fourth-order valence-corrected chi connectivity index (χ4v) is 5.11. The molecule has 0 aliphatic carbocycles. The van der Waals surface area contributed by atoms with Gasteiger partial charge in [0.2, 0.25) is 10.0 Å². The van der Waals surface area contributed by atoms with Crippen molar-refractivity contribution in [2.24, 2.45) is 5.73 Å². The first-order valence-electron chi connectivity index (χ1n) is 9.32. The zero-order valence-electron chi connectivity index (χ0n) is 15.7. The van der Waals surface area contributed by atoms with Crippen LogP contribution in [0.15, 0.2) is 66.0 Å². The van der Waals surface area contributed by atoms with Crippen LogP contribution in [0, 0.1) is 0 Å². The summed E-state index contributed by atoms with van der Waals surface area (Å²) in [5.74, 6) is -0.794. The SMILES string of the molecule is NC(=O)c1cn(-c2ccccc2)nc1[C@H]1CCCN(S(=O)(=O)c2cccnc2)C1. The van der Waals surface area contributed by atoms with Gasteiger partial charge in [0.05, 0.1) is 16.9 Å². The lowest BCUT2D eigenvalue weighted by molar-refractivity contribution is 0.0998. The molecule has 0 saturated carbocycles. The van der Waals surface area contributed by atoms with Gasteiger partial charge in [-0.2, -0.15) is 9.40 Å². The second-order valence-corrected chi connectivity index (χ2v) is 8.90. The molecule has 3 heterocycles. The number of para-hydroxylation sites is 1. The average Bonchev–Trinajstić information content (AvgIpc) is 3.21. The van der Waals surface area contributed by atoms with Crippen LogP contribution in [0.3, 0.4) is 0 Å². The Kier molecular flexibility index (Phi) is 5.16. The van der Waals surface area contributed by atoms with Gasteiger partial charge >= 0.3 is 0 Å². The summed E-state index contributed by atoms with van der Waals surface area (Å²) in [6.45, 7) is 0.655. The molecule has 1 aromatic carbocycles. The summed E-state index contributed by atoms with van der Waals surface area (Å²) in [7, 11) is -3.66. The molecule has 0 unspecified atom stereocenters. The highest BCUT2D eigenvalue weighted by Gasteiger charge is 2.34. The maximum Gasteiger partial charge on any atom is 0.252 e. The summed E-state index contributed by atoms with van der Waals surface area (Å²) in [5.41, 5.74) is 7.25. The van der Waals surface area contributed by atoms with E-state index in [2.05, 4.69) is 10.1 Å². The quantitative estimate of drug-likeness (QED) is 0.690. The minimum absolute atomic E-state index is 0.158. The van der Waals surface area contributed by atoms with Gasteiger partial charge in [0, 0.05) is 37.6 Å². The van der Waals surface area contributed by atoms with E-state index < -0.39 is 15.9 Å². The second kappa shape index (κ2) is 7.76. The third kappa shape index (κ3) is 3.79. The Balaban J connectivity index is 1.66. The number of hydrogen-bond donors (Lipinski definition) is 1. The summed E-state index contributed by atoms with van der Waals surface area (Å²) in [5, 5.41) is 4.60. The summed E-state index contributed by atoms with van der Waals surface area (Å²) < 4.78 is 29.0. The number of nitrogens with two attached hydrogens (primary N) is 1. The molecule has 0 spiro atoms. The molecule has 2 aromatic heterocycles. The summed E-state index contributed by atoms with van der Waals surface area (Å²) in [6, 6.07) is 12.5. The van der Waals surface area contributed by atoms with Gasteiger partial charge in [-0.3, -0.25) is 9.78 Å². The molecule has 150 valence electrons. The highest BCUT2D eigenvalue weighted by atomic mass is 32.2. The van der Waals surface area contributed by atoms with Gasteiger partial charge in [0.15, 0.2) is 0 Å². The smallest absolute Gasteiger partial charge is 0.252 e. The standard InChI is InChI=1S/C20H21N5O3S/c21-20(26)18-14-25(16-7-2-1-3-8-16)23-19(18)15-6-5-11-24(13-15)29(27,28)17-9-4-10-22-12-17/h1-4,7-10,12,14-15H,5-6,11,13H2,(H2,21,26)/t15-/m0/s1. The Hall–Kier alpha value is -3.04. The molecular formula is C20H21N5O3S. The zero-order valence-corrected chi connectivity index (χ0v) is 16.5. The van der Waals surface area contributed by atoms with Gasteiger partial charge in [-0.25, -0.2) is 13.1 Å². The van der Waals surface area contributed by atoms with Crippen molar-refractivity contribution in [2.75, 3.05) is 13.1 Å². The van der Waals surface area contributed by atoms with E-state index in [4.69, 9.17) is 5.73 Å². The molecule has 1 aliphatic rings. The third-order valence-corrected chi connectivity index (χ3v) is 6.92. The van der Waals surface area contributed by atoms with Crippen molar-refractivity contribution >= 4 is 15.9 Å². The average molecular weight is 411 g/mol. The van der Waals surface area contributed by atoms with Crippen molar-refractivity contribution in [2.45, 2.75) is 23.7 Å². The van der Waals surface area contributed by atoms with Crippen molar-refractivity contribution in [3.05, 3.63) is 72.3 Å². The summed E-state index contributed by atoms with van der Waals surface area (Å²) in [4.78, 5) is 16.1. The summed E-state index contributed by atoms with van der Waals surface area (Å²) >= 11 is 0. The van der Waals surface area contributed by atoms with Gasteiger partial charge in [-0.1, -0.05) is 18.2 Å². The number of rotatable bonds is 5. The van der Waals surface area contributed by atoms with E-state index in [1.165, 1.54) is 22.8 Å². The molecule has 2 N–H and O–H groups in total. The monoisotopic (exact) mass is 411 g/mol. The molecule has 8 nitrogen and oxygen atoms in total. The highest BCUT2D eigenvalue weighted by Crippen LogP contribution is 2.31. The topological polar surface area (TPSA) is 111 Å². The number of pyridine rings is 1. The van der Waals surface area contributed by atoms with Crippen LogP contribution in [0.4, 0.5) is 0 Å². The number of carbonyl (C=O) groups excluding carboxylic acids is 1. The highest BCUT2D eigenvalue weighted by molar-refractivity contribution is 7.89. The van der Waals surface area contributed by atoms with Crippen LogP contribution in [0.25, 0.3) is 5.69 Å². The van der Waals surface area contributed by atoms with Crippen molar-refractivity contribution in [3.8, 4) is 5.69 Å². The van der Waals surface area contributed by atoms with E-state index in [1.807, 2.05) is 30.3 Å². The minimum Gasteiger partial charge on any atom is -0.365 e. The molecule has 1 aliphatic heterocycles. The van der Waals surface area contributed by atoms with Crippen LogP contribution in [0.5, 0.6) is 0 Å². The Bertz CT molecular complexity index is 1110. The van der Waals surface area contributed by atoms with E-state index in [-0.39, 0.29) is 17.4 Å². The normalized spacial score (nSPS) is 17.9. The molecule has 0 radical (unpaired) electrons. The van der Waals surface area contributed by atoms with Crippen LogP contribution in [-0.4, -0.2) is 46.5 Å². The lowest BCUT2D eigenvalue weighted by atomic mass is 9.93. The first-order chi connectivity index (χ1) is 14.0. The lowest BCUT2D eigenvalue weighted by Gasteiger charge is -2.31. The van der Waals surface area contributed by atoms with Crippen LogP contribution in [0.1, 0.15) is 34.8 Å². The van der Waals surface area contributed by atoms with Gasteiger partial charge in [0.1, 0.15) is 4.90 Å². The number of benzene rings is 1. The lowest BCUT2D eigenvalue weighted by Crippen LogP contribution is -2.39. The number of sulfonamides is 1. The summed E-state index contributed by atoms with van der Waals surface area (Å²) in [6.07, 6.45) is 5.89. The number of piperidine rings is 1. The van der Waals surface area contributed by atoms with Gasteiger partial charge in [0.25, 0.3) is 5.91 Å². The predicted octanol–water partition coefficient (Wildman–Crippen LogP) is 1.93. The van der Waals surface area contributed by atoms with Crippen LogP contribution in [-0.2, 0) is 10.0 Å². The first-order valence-corrected chi connectivity index (χ1v) is 10.8. The van der Waals surface area contributed by atoms with Crippen molar-refractivity contribution in [1.29, 1.82) is 0 Å². The molecule has 9 heteroatoms. The maximum atomic E-state index is 13.0. The van der Waals surface area contributed by atoms with Crippen molar-refractivity contribution < 1.29 is 13.2 Å². The third-order valence-electron chi connectivity index (χ3n) is 5.07. The Morgan fingerprint density at radius 2 is 1.93 bits per heavy atom. The van der Waals surface area contributed by atoms with E-state index in [1.54, 1.807) is 16.9 Å². The molecule has 3 aromatic rings. The molecular weight excluding hydrogens is 390 g/mol. The maximum absolute atomic E-state index is 13.0. The Morgan fingerprint density at radius 3 is 2.62 bits per heavy atom. The fraction of sp³-hybridized carbons (Fsp3) is 0.250. The van der Waals surface area contributed by atoms with Crippen molar-refractivity contribution in [3.63, 3.8) is 0 Å². The van der Waals surface area contributed by atoms with E-state index >= 15 is 0 Å². The molecule has 1 amide bonds. The fourth-order valence-electron chi connectivity index (χ4n) is 3.62. The van der Waals surface area contributed by atoms with Gasteiger partial charge < -0.3 is 5.73 Å². The second-order valence-electron chi connectivity index (χ2n) is 6.96. The largest absolute Gasteiger partial charge is 0.365 e. The first kappa shape index (κ1) is 19.3. The number of hydrogen-bond acceptors (Lipinski definition) is 5. The van der Waals surface area contributed by atoms with E-state index in [0.29, 0.717) is 24.2 Å². The minimum atomic E-state index is -3.66.